The zero-order valence-electron chi connectivity index (χ0n) is 11.2. The number of halogens is 1. The van der Waals surface area contributed by atoms with Gasteiger partial charge in [-0.1, -0.05) is 25.3 Å². The van der Waals surface area contributed by atoms with Gasteiger partial charge in [0.2, 0.25) is 0 Å². The maximum atomic E-state index is 13.6. The number of nitrogens with one attached hydrogen (secondary N) is 1. The second kappa shape index (κ2) is 5.74. The molecule has 1 aliphatic rings. The Labute approximate surface area is 113 Å². The Morgan fingerprint density at radius 2 is 2.00 bits per heavy atom. The first-order chi connectivity index (χ1) is 9.34. The molecule has 0 spiro atoms. The van der Waals surface area contributed by atoms with Crippen molar-refractivity contribution in [2.75, 3.05) is 6.54 Å². The van der Waals surface area contributed by atoms with E-state index in [0.29, 0.717) is 6.04 Å². The molecule has 102 valence electrons. The molecule has 19 heavy (non-hydrogen) atoms. The first kappa shape index (κ1) is 12.7. The van der Waals surface area contributed by atoms with Crippen LogP contribution in [0.3, 0.4) is 0 Å². The summed E-state index contributed by atoms with van der Waals surface area (Å²) in [5, 5.41) is 4.35. The number of fused-ring (bicyclic) bond motifs is 1. The second-order valence-electron chi connectivity index (χ2n) is 5.47. The van der Waals surface area contributed by atoms with Crippen LogP contribution in [-0.4, -0.2) is 17.2 Å². The van der Waals surface area contributed by atoms with Crippen LogP contribution in [0.1, 0.15) is 32.1 Å². The molecule has 3 rings (SSSR count). The first-order valence-electron chi connectivity index (χ1n) is 7.31. The van der Waals surface area contributed by atoms with Gasteiger partial charge in [-0.05, 0) is 31.0 Å². The Bertz CT molecular complexity index is 541. The van der Waals surface area contributed by atoms with Crippen LogP contribution in [0.4, 0.5) is 4.39 Å². The Hall–Kier alpha value is -1.35. The lowest BCUT2D eigenvalue weighted by molar-refractivity contribution is 0.369. The van der Waals surface area contributed by atoms with Crippen molar-refractivity contribution in [3.63, 3.8) is 0 Å². The third-order valence-electron chi connectivity index (χ3n) is 4.15. The van der Waals surface area contributed by atoms with Crippen molar-refractivity contribution in [1.82, 2.24) is 9.88 Å². The largest absolute Gasteiger partial charge is 0.346 e. The van der Waals surface area contributed by atoms with Crippen LogP contribution in [0.25, 0.3) is 10.9 Å². The number of hydrogen-bond donors (Lipinski definition) is 1. The van der Waals surface area contributed by atoms with Crippen LogP contribution in [0.15, 0.2) is 30.5 Å². The quantitative estimate of drug-likeness (QED) is 0.887. The van der Waals surface area contributed by atoms with Crippen molar-refractivity contribution in [3.05, 3.63) is 36.3 Å². The summed E-state index contributed by atoms with van der Waals surface area (Å²) in [6.07, 6.45) is 8.70. The molecule has 1 aromatic heterocycles. The summed E-state index contributed by atoms with van der Waals surface area (Å²) < 4.78 is 15.7. The number of nitrogens with zero attached hydrogens (tertiary/aromatic N) is 1. The van der Waals surface area contributed by atoms with Gasteiger partial charge in [0.15, 0.2) is 0 Å². The van der Waals surface area contributed by atoms with Gasteiger partial charge in [-0.25, -0.2) is 4.39 Å². The fraction of sp³-hybridized carbons (Fsp3) is 0.500. The summed E-state index contributed by atoms with van der Waals surface area (Å²) in [5.74, 6) is -0.128. The number of aromatic nitrogens is 1. The molecule has 0 saturated heterocycles. The molecule has 3 heteroatoms. The van der Waals surface area contributed by atoms with Gasteiger partial charge < -0.3 is 9.88 Å². The number of benzene rings is 1. The van der Waals surface area contributed by atoms with E-state index in [1.165, 1.54) is 38.2 Å². The van der Waals surface area contributed by atoms with Gasteiger partial charge in [-0.3, -0.25) is 0 Å². The lowest BCUT2D eigenvalue weighted by Gasteiger charge is -2.23. The highest BCUT2D eigenvalue weighted by atomic mass is 19.1. The average Bonchev–Trinajstić information content (AvgIpc) is 2.85. The number of hydrogen-bond acceptors (Lipinski definition) is 1. The summed E-state index contributed by atoms with van der Waals surface area (Å²) in [4.78, 5) is 0. The van der Waals surface area contributed by atoms with E-state index in [2.05, 4.69) is 9.88 Å². The molecule has 2 nitrogen and oxygen atoms in total. The highest BCUT2D eigenvalue weighted by molar-refractivity contribution is 5.80. The van der Waals surface area contributed by atoms with Crippen LogP contribution in [-0.2, 0) is 6.54 Å². The van der Waals surface area contributed by atoms with E-state index in [1.54, 1.807) is 6.07 Å². The topological polar surface area (TPSA) is 17.0 Å². The Balaban J connectivity index is 1.60. The summed E-state index contributed by atoms with van der Waals surface area (Å²) in [6, 6.07) is 7.84. The highest BCUT2D eigenvalue weighted by Crippen LogP contribution is 2.19. The van der Waals surface area contributed by atoms with Crippen LogP contribution in [0, 0.1) is 5.82 Å². The highest BCUT2D eigenvalue weighted by Gasteiger charge is 2.12. The van der Waals surface area contributed by atoms with Crippen molar-refractivity contribution in [3.8, 4) is 0 Å². The van der Waals surface area contributed by atoms with Gasteiger partial charge in [0, 0.05) is 30.7 Å². The molecular formula is C16H21FN2. The van der Waals surface area contributed by atoms with E-state index in [1.807, 2.05) is 18.3 Å². The summed E-state index contributed by atoms with van der Waals surface area (Å²) >= 11 is 0. The van der Waals surface area contributed by atoms with Gasteiger partial charge in [-0.2, -0.15) is 0 Å². The van der Waals surface area contributed by atoms with Gasteiger partial charge in [0.25, 0.3) is 0 Å². The Morgan fingerprint density at radius 1 is 1.16 bits per heavy atom. The zero-order valence-corrected chi connectivity index (χ0v) is 11.2. The monoisotopic (exact) mass is 260 g/mol. The fourth-order valence-corrected chi connectivity index (χ4v) is 3.08. The van der Waals surface area contributed by atoms with Gasteiger partial charge in [0.05, 0.1) is 5.52 Å². The predicted octanol–water partition coefficient (Wildman–Crippen LogP) is 3.70. The Kier molecular flexibility index (Phi) is 3.83. The lowest BCUT2D eigenvalue weighted by Crippen LogP contribution is -2.33. The van der Waals surface area contributed by atoms with Crippen LogP contribution < -0.4 is 5.32 Å². The molecule has 1 N–H and O–H groups in total. The molecule has 1 heterocycles. The standard InChI is InChI=1S/C16H21FN2/c17-15-7-4-8-16-14(15)9-11-19(16)12-10-18-13-5-2-1-3-6-13/h4,7-9,11,13,18H,1-3,5-6,10,12H2. The van der Waals surface area contributed by atoms with Gasteiger partial charge in [-0.15, -0.1) is 0 Å². The van der Waals surface area contributed by atoms with Crippen LogP contribution in [0.2, 0.25) is 0 Å². The van der Waals surface area contributed by atoms with Crippen molar-refractivity contribution >= 4 is 10.9 Å². The molecule has 1 aliphatic carbocycles. The van der Waals surface area contributed by atoms with Crippen molar-refractivity contribution in [1.29, 1.82) is 0 Å². The minimum atomic E-state index is -0.128. The minimum absolute atomic E-state index is 0.128. The van der Waals surface area contributed by atoms with E-state index >= 15 is 0 Å². The number of rotatable bonds is 4. The smallest absolute Gasteiger partial charge is 0.132 e. The van der Waals surface area contributed by atoms with Crippen molar-refractivity contribution in [2.24, 2.45) is 0 Å². The molecular weight excluding hydrogens is 239 g/mol. The van der Waals surface area contributed by atoms with Gasteiger partial charge >= 0.3 is 0 Å². The SMILES string of the molecule is Fc1cccc2c1ccn2CCNC1CCCCC1. The molecule has 0 amide bonds. The third-order valence-corrected chi connectivity index (χ3v) is 4.15. The molecule has 1 fully saturated rings. The normalized spacial score (nSPS) is 17.1. The van der Waals surface area contributed by atoms with Gasteiger partial charge in [0.1, 0.15) is 5.82 Å². The second-order valence-corrected chi connectivity index (χ2v) is 5.47. The summed E-state index contributed by atoms with van der Waals surface area (Å²) in [6.45, 7) is 1.87. The molecule has 0 unspecified atom stereocenters. The molecule has 2 aromatic rings. The average molecular weight is 260 g/mol. The predicted molar refractivity (Wildman–Crippen MR) is 76.8 cm³/mol. The molecule has 0 bridgehead atoms. The maximum absolute atomic E-state index is 13.6. The minimum Gasteiger partial charge on any atom is -0.346 e. The zero-order chi connectivity index (χ0) is 13.1. The van der Waals surface area contributed by atoms with Crippen LogP contribution in [0.5, 0.6) is 0 Å². The molecule has 1 saturated carbocycles. The van der Waals surface area contributed by atoms with E-state index < -0.39 is 0 Å². The van der Waals surface area contributed by atoms with E-state index in [4.69, 9.17) is 0 Å². The van der Waals surface area contributed by atoms with E-state index in [-0.39, 0.29) is 5.82 Å². The maximum Gasteiger partial charge on any atom is 0.132 e. The van der Waals surface area contributed by atoms with E-state index in [9.17, 15) is 4.39 Å². The van der Waals surface area contributed by atoms with Crippen molar-refractivity contribution < 1.29 is 4.39 Å². The van der Waals surface area contributed by atoms with Crippen LogP contribution >= 0.6 is 0 Å². The molecule has 1 aromatic carbocycles. The first-order valence-corrected chi connectivity index (χ1v) is 7.31. The lowest BCUT2D eigenvalue weighted by atomic mass is 9.95. The fourth-order valence-electron chi connectivity index (χ4n) is 3.08. The van der Waals surface area contributed by atoms with E-state index in [0.717, 1.165) is 24.0 Å². The molecule has 0 atom stereocenters. The molecule has 0 aliphatic heterocycles. The van der Waals surface area contributed by atoms with Crippen molar-refractivity contribution in [2.45, 2.75) is 44.7 Å². The summed E-state index contributed by atoms with van der Waals surface area (Å²) in [7, 11) is 0. The Morgan fingerprint density at radius 3 is 2.84 bits per heavy atom. The molecule has 0 radical (unpaired) electrons. The third kappa shape index (κ3) is 2.81. The summed E-state index contributed by atoms with van der Waals surface area (Å²) in [5.41, 5.74) is 0.991.